The summed E-state index contributed by atoms with van der Waals surface area (Å²) in [6, 6.07) is 18.2. The van der Waals surface area contributed by atoms with E-state index in [2.05, 4.69) is 24.2 Å². The number of rotatable bonds is 2. The average Bonchev–Trinajstić information content (AvgIpc) is 2.83. The van der Waals surface area contributed by atoms with Crippen molar-refractivity contribution < 1.29 is 0 Å². The van der Waals surface area contributed by atoms with Crippen molar-refractivity contribution in [2.24, 2.45) is 0 Å². The molecule has 0 aliphatic heterocycles. The van der Waals surface area contributed by atoms with Gasteiger partial charge in [-0.1, -0.05) is 48.0 Å². The largest absolute Gasteiger partial charge is 0.396 e. The number of anilines is 1. The fourth-order valence-corrected chi connectivity index (χ4v) is 2.04. The molecule has 3 heteroatoms. The molecule has 0 amide bonds. The van der Waals surface area contributed by atoms with Gasteiger partial charge in [0.05, 0.1) is 17.6 Å². The molecule has 0 radical (unpaired) electrons. The first-order valence-electron chi connectivity index (χ1n) is 6.21. The maximum Gasteiger partial charge on any atom is 0.116 e. The number of hydrogen-bond donors (Lipinski definition) is 1. The van der Waals surface area contributed by atoms with Gasteiger partial charge in [0, 0.05) is 5.56 Å². The minimum atomic E-state index is 0.688. The molecule has 2 N–H and O–H groups in total. The van der Waals surface area contributed by atoms with Gasteiger partial charge in [0.2, 0.25) is 0 Å². The highest BCUT2D eigenvalue weighted by molar-refractivity contribution is 5.72. The van der Waals surface area contributed by atoms with Crippen molar-refractivity contribution in [2.45, 2.75) is 6.92 Å². The normalized spacial score (nSPS) is 10.6. The van der Waals surface area contributed by atoms with E-state index in [1.165, 1.54) is 5.56 Å². The standard InChI is InChI=1S/C16H15N3/c1-12-7-9-13(10-8-12)16-15(17)11-19(18-16)14-5-3-2-4-6-14/h2-11H,17H2,1H3. The molecular weight excluding hydrogens is 234 g/mol. The Morgan fingerprint density at radius 3 is 2.32 bits per heavy atom. The zero-order valence-corrected chi connectivity index (χ0v) is 10.7. The molecule has 0 saturated heterocycles. The van der Waals surface area contributed by atoms with Crippen LogP contribution in [-0.2, 0) is 0 Å². The van der Waals surface area contributed by atoms with Gasteiger partial charge in [0.15, 0.2) is 0 Å². The monoisotopic (exact) mass is 249 g/mol. The molecule has 3 nitrogen and oxygen atoms in total. The van der Waals surface area contributed by atoms with Gasteiger partial charge in [0.1, 0.15) is 5.69 Å². The zero-order valence-electron chi connectivity index (χ0n) is 10.7. The molecule has 0 atom stereocenters. The van der Waals surface area contributed by atoms with Gasteiger partial charge in [0.25, 0.3) is 0 Å². The second kappa shape index (κ2) is 4.61. The minimum absolute atomic E-state index is 0.688. The van der Waals surface area contributed by atoms with Crippen molar-refractivity contribution in [2.75, 3.05) is 5.73 Å². The number of nitrogens with zero attached hydrogens (tertiary/aromatic N) is 2. The number of benzene rings is 2. The summed E-state index contributed by atoms with van der Waals surface area (Å²) in [6.45, 7) is 2.07. The van der Waals surface area contributed by atoms with Crippen LogP contribution >= 0.6 is 0 Å². The van der Waals surface area contributed by atoms with Crippen LogP contribution in [0.4, 0.5) is 5.69 Å². The highest BCUT2D eigenvalue weighted by Gasteiger charge is 2.09. The third-order valence-corrected chi connectivity index (χ3v) is 3.09. The molecule has 94 valence electrons. The third kappa shape index (κ3) is 2.22. The molecule has 2 aromatic carbocycles. The van der Waals surface area contributed by atoms with Crippen LogP contribution in [0.5, 0.6) is 0 Å². The van der Waals surface area contributed by atoms with Crippen LogP contribution in [-0.4, -0.2) is 9.78 Å². The van der Waals surface area contributed by atoms with Gasteiger partial charge in [-0.25, -0.2) is 4.68 Å². The molecule has 0 saturated carbocycles. The summed E-state index contributed by atoms with van der Waals surface area (Å²) in [6.07, 6.45) is 1.85. The molecule has 1 aromatic heterocycles. The molecule has 0 bridgehead atoms. The Balaban J connectivity index is 2.05. The lowest BCUT2D eigenvalue weighted by Gasteiger charge is -2.00. The molecule has 3 rings (SSSR count). The molecule has 0 unspecified atom stereocenters. The number of hydrogen-bond acceptors (Lipinski definition) is 2. The van der Waals surface area contributed by atoms with Crippen molar-refractivity contribution in [1.29, 1.82) is 0 Å². The number of aryl methyl sites for hydroxylation is 1. The molecule has 1 heterocycles. The second-order valence-corrected chi connectivity index (χ2v) is 4.58. The van der Waals surface area contributed by atoms with Crippen LogP contribution < -0.4 is 5.73 Å². The smallest absolute Gasteiger partial charge is 0.116 e. The van der Waals surface area contributed by atoms with E-state index in [1.54, 1.807) is 0 Å². The summed E-state index contributed by atoms with van der Waals surface area (Å²) < 4.78 is 1.81. The second-order valence-electron chi connectivity index (χ2n) is 4.58. The summed E-state index contributed by atoms with van der Waals surface area (Å²) in [7, 11) is 0. The number of nitrogens with two attached hydrogens (primary N) is 1. The van der Waals surface area contributed by atoms with Gasteiger partial charge in [-0.05, 0) is 19.1 Å². The molecule has 0 spiro atoms. The predicted molar refractivity (Wildman–Crippen MR) is 78.1 cm³/mol. The summed E-state index contributed by atoms with van der Waals surface area (Å²) in [5, 5.41) is 4.57. The number of para-hydroxylation sites is 1. The van der Waals surface area contributed by atoms with E-state index < -0.39 is 0 Å². The Hall–Kier alpha value is -2.55. The lowest BCUT2D eigenvalue weighted by atomic mass is 10.1. The lowest BCUT2D eigenvalue weighted by Crippen LogP contribution is -1.93. The van der Waals surface area contributed by atoms with E-state index in [0.29, 0.717) is 5.69 Å². The van der Waals surface area contributed by atoms with E-state index in [-0.39, 0.29) is 0 Å². The van der Waals surface area contributed by atoms with Crippen molar-refractivity contribution in [3.05, 3.63) is 66.4 Å². The maximum atomic E-state index is 6.07. The van der Waals surface area contributed by atoms with E-state index >= 15 is 0 Å². The molecule has 0 fully saturated rings. The quantitative estimate of drug-likeness (QED) is 0.756. The van der Waals surface area contributed by atoms with Crippen LogP contribution in [0.2, 0.25) is 0 Å². The van der Waals surface area contributed by atoms with Crippen LogP contribution in [0.25, 0.3) is 16.9 Å². The van der Waals surface area contributed by atoms with Crippen LogP contribution in [0.1, 0.15) is 5.56 Å². The molecule has 3 aromatic rings. The van der Waals surface area contributed by atoms with Gasteiger partial charge < -0.3 is 5.73 Å². The average molecular weight is 249 g/mol. The van der Waals surface area contributed by atoms with Crippen LogP contribution in [0, 0.1) is 6.92 Å². The zero-order chi connectivity index (χ0) is 13.2. The first kappa shape index (κ1) is 11.5. The minimum Gasteiger partial charge on any atom is -0.396 e. The topological polar surface area (TPSA) is 43.8 Å². The van der Waals surface area contributed by atoms with Gasteiger partial charge in [-0.3, -0.25) is 0 Å². The molecular formula is C16H15N3. The van der Waals surface area contributed by atoms with Crippen molar-refractivity contribution in [3.63, 3.8) is 0 Å². The van der Waals surface area contributed by atoms with E-state index in [1.807, 2.05) is 53.3 Å². The Kier molecular flexibility index (Phi) is 2.80. The van der Waals surface area contributed by atoms with Gasteiger partial charge in [-0.15, -0.1) is 0 Å². The Labute approximate surface area is 112 Å². The van der Waals surface area contributed by atoms with Gasteiger partial charge in [-0.2, -0.15) is 5.10 Å². The summed E-state index contributed by atoms with van der Waals surface area (Å²) in [4.78, 5) is 0. The third-order valence-electron chi connectivity index (χ3n) is 3.09. The summed E-state index contributed by atoms with van der Waals surface area (Å²) in [5.41, 5.74) is 10.8. The summed E-state index contributed by atoms with van der Waals surface area (Å²) in [5.74, 6) is 0. The predicted octanol–water partition coefficient (Wildman–Crippen LogP) is 3.43. The van der Waals surface area contributed by atoms with Crippen molar-refractivity contribution >= 4 is 5.69 Å². The fraction of sp³-hybridized carbons (Fsp3) is 0.0625. The van der Waals surface area contributed by atoms with Crippen molar-refractivity contribution in [3.8, 4) is 16.9 Å². The van der Waals surface area contributed by atoms with Gasteiger partial charge >= 0.3 is 0 Å². The number of aromatic nitrogens is 2. The fourth-order valence-electron chi connectivity index (χ4n) is 2.04. The molecule has 0 aliphatic rings. The lowest BCUT2D eigenvalue weighted by molar-refractivity contribution is 0.884. The first-order valence-corrected chi connectivity index (χ1v) is 6.21. The van der Waals surface area contributed by atoms with Crippen LogP contribution in [0.3, 0.4) is 0 Å². The van der Waals surface area contributed by atoms with Crippen LogP contribution in [0.15, 0.2) is 60.8 Å². The highest BCUT2D eigenvalue weighted by Crippen LogP contribution is 2.25. The maximum absolute atomic E-state index is 6.07. The Morgan fingerprint density at radius 1 is 0.947 bits per heavy atom. The highest BCUT2D eigenvalue weighted by atomic mass is 15.3. The van der Waals surface area contributed by atoms with Crippen molar-refractivity contribution in [1.82, 2.24) is 9.78 Å². The number of nitrogen functional groups attached to an aromatic ring is 1. The first-order chi connectivity index (χ1) is 9.24. The summed E-state index contributed by atoms with van der Waals surface area (Å²) >= 11 is 0. The molecule has 19 heavy (non-hydrogen) atoms. The Bertz CT molecular complexity index is 682. The molecule has 0 aliphatic carbocycles. The SMILES string of the molecule is Cc1ccc(-c2nn(-c3ccccc3)cc2N)cc1. The van der Waals surface area contributed by atoms with E-state index in [0.717, 1.165) is 16.9 Å². The Morgan fingerprint density at radius 2 is 1.63 bits per heavy atom. The van der Waals surface area contributed by atoms with E-state index in [9.17, 15) is 0 Å². The van der Waals surface area contributed by atoms with E-state index in [4.69, 9.17) is 5.73 Å².